The maximum atomic E-state index is 11.7. The van der Waals surface area contributed by atoms with E-state index in [9.17, 15) is 9.90 Å². The summed E-state index contributed by atoms with van der Waals surface area (Å²) < 4.78 is 0. The Morgan fingerprint density at radius 2 is 2.00 bits per heavy atom. The van der Waals surface area contributed by atoms with E-state index in [1.807, 2.05) is 31.2 Å². The summed E-state index contributed by atoms with van der Waals surface area (Å²) in [6, 6.07) is 13.4. The Bertz CT molecular complexity index is 1010. The summed E-state index contributed by atoms with van der Waals surface area (Å²) in [6.07, 6.45) is 4.86. The second-order valence-corrected chi connectivity index (χ2v) is 7.49. The van der Waals surface area contributed by atoms with Crippen LogP contribution in [0, 0.1) is 6.92 Å². The number of hydrogen-bond donors (Lipinski definition) is 2. The largest absolute Gasteiger partial charge is 0.385 e. The molecule has 0 bridgehead atoms. The molecule has 3 aromatic rings. The summed E-state index contributed by atoms with van der Waals surface area (Å²) in [7, 11) is 0. The van der Waals surface area contributed by atoms with Crippen molar-refractivity contribution < 1.29 is 5.11 Å². The Hall–Kier alpha value is -2.83. The average Bonchev–Trinajstić information content (AvgIpc) is 2.70. The lowest BCUT2D eigenvalue weighted by Crippen LogP contribution is -2.42. The number of hydrogen-bond acceptors (Lipinski definition) is 5. The van der Waals surface area contributed by atoms with Gasteiger partial charge >= 0.3 is 0 Å². The van der Waals surface area contributed by atoms with Gasteiger partial charge in [0.2, 0.25) is 0 Å². The first-order chi connectivity index (χ1) is 13.5. The number of aromatic amines is 1. The van der Waals surface area contributed by atoms with Crippen LogP contribution in [0.3, 0.4) is 0 Å². The molecule has 1 saturated heterocycles. The molecule has 2 aromatic heterocycles. The number of aryl methyl sites for hydroxylation is 1. The fraction of sp³-hybridized carbons (Fsp3) is 0.318. The average molecular weight is 376 g/mol. The number of rotatable bonds is 4. The molecular formula is C22H24N4O2. The fourth-order valence-corrected chi connectivity index (χ4v) is 3.80. The van der Waals surface area contributed by atoms with Gasteiger partial charge in [-0.3, -0.25) is 14.7 Å². The molecule has 0 unspecified atom stereocenters. The van der Waals surface area contributed by atoms with Gasteiger partial charge in [-0.25, -0.2) is 4.98 Å². The number of aromatic nitrogens is 3. The zero-order chi connectivity index (χ0) is 19.6. The Kier molecular flexibility index (Phi) is 5.07. The molecule has 1 aliphatic rings. The van der Waals surface area contributed by atoms with Crippen LogP contribution in [0.15, 0.2) is 59.7 Å². The van der Waals surface area contributed by atoms with E-state index in [2.05, 4.69) is 32.0 Å². The van der Waals surface area contributed by atoms with Crippen LogP contribution in [-0.2, 0) is 12.1 Å². The Morgan fingerprint density at radius 1 is 1.18 bits per heavy atom. The van der Waals surface area contributed by atoms with Gasteiger partial charge < -0.3 is 10.1 Å². The summed E-state index contributed by atoms with van der Waals surface area (Å²) in [4.78, 5) is 25.5. The molecule has 0 saturated carbocycles. The molecule has 0 spiro atoms. The molecule has 28 heavy (non-hydrogen) atoms. The van der Waals surface area contributed by atoms with E-state index in [4.69, 9.17) is 0 Å². The molecule has 1 fully saturated rings. The van der Waals surface area contributed by atoms with Gasteiger partial charge in [0.1, 0.15) is 5.82 Å². The van der Waals surface area contributed by atoms with E-state index in [1.54, 1.807) is 12.4 Å². The third kappa shape index (κ3) is 4.03. The molecule has 0 radical (unpaired) electrons. The van der Waals surface area contributed by atoms with E-state index in [0.29, 0.717) is 24.4 Å². The predicted molar refractivity (Wildman–Crippen MR) is 108 cm³/mol. The highest BCUT2D eigenvalue weighted by molar-refractivity contribution is 5.55. The van der Waals surface area contributed by atoms with Gasteiger partial charge in [-0.05, 0) is 37.5 Å². The third-order valence-electron chi connectivity index (χ3n) is 5.36. The highest BCUT2D eigenvalue weighted by Gasteiger charge is 2.34. The Morgan fingerprint density at radius 3 is 2.71 bits per heavy atom. The molecule has 2 N–H and O–H groups in total. The van der Waals surface area contributed by atoms with Crippen molar-refractivity contribution in [2.75, 3.05) is 13.1 Å². The minimum atomic E-state index is -0.794. The van der Waals surface area contributed by atoms with Crippen LogP contribution >= 0.6 is 0 Å². The smallest absolute Gasteiger partial charge is 0.251 e. The zero-order valence-electron chi connectivity index (χ0n) is 15.9. The first-order valence-electron chi connectivity index (χ1n) is 9.54. The maximum absolute atomic E-state index is 11.7. The van der Waals surface area contributed by atoms with Crippen molar-refractivity contribution in [2.24, 2.45) is 0 Å². The predicted octanol–water partition coefficient (Wildman–Crippen LogP) is 2.62. The van der Waals surface area contributed by atoms with Crippen LogP contribution in [0.2, 0.25) is 0 Å². The van der Waals surface area contributed by atoms with Crippen molar-refractivity contribution in [3.63, 3.8) is 0 Å². The molecule has 6 nitrogen and oxygen atoms in total. The van der Waals surface area contributed by atoms with Crippen LogP contribution in [-0.4, -0.2) is 38.0 Å². The van der Waals surface area contributed by atoms with E-state index < -0.39 is 5.60 Å². The molecule has 4 rings (SSSR count). The fourth-order valence-electron chi connectivity index (χ4n) is 3.80. The van der Waals surface area contributed by atoms with Gasteiger partial charge in [0, 0.05) is 54.9 Å². The van der Waals surface area contributed by atoms with E-state index >= 15 is 0 Å². The van der Waals surface area contributed by atoms with E-state index in [-0.39, 0.29) is 5.56 Å². The molecule has 3 heterocycles. The van der Waals surface area contributed by atoms with Crippen molar-refractivity contribution in [3.8, 4) is 11.4 Å². The molecule has 1 aromatic carbocycles. The topological polar surface area (TPSA) is 82.1 Å². The van der Waals surface area contributed by atoms with Gasteiger partial charge in [-0.15, -0.1) is 0 Å². The highest BCUT2D eigenvalue weighted by Crippen LogP contribution is 2.32. The van der Waals surface area contributed by atoms with E-state index in [0.717, 1.165) is 36.3 Å². The molecule has 0 amide bonds. The van der Waals surface area contributed by atoms with Crippen LogP contribution in [0.5, 0.6) is 0 Å². The number of likely N-dealkylation sites (tertiary alicyclic amines) is 1. The van der Waals surface area contributed by atoms with Gasteiger partial charge in [0.15, 0.2) is 0 Å². The van der Waals surface area contributed by atoms with Crippen LogP contribution in [0.1, 0.15) is 29.7 Å². The van der Waals surface area contributed by atoms with E-state index in [1.165, 1.54) is 6.07 Å². The molecule has 144 valence electrons. The number of piperidine rings is 1. The molecular weight excluding hydrogens is 352 g/mol. The first-order valence-corrected chi connectivity index (χ1v) is 9.54. The lowest BCUT2D eigenvalue weighted by atomic mass is 9.85. The standard InChI is InChI=1S/C22H24N4O2/c1-16-12-20(27)25-21(24-16)18-5-2-4-17(13-18)15-26-10-7-22(28,8-11-26)19-6-3-9-23-14-19/h2-6,9,12-14,28H,7-8,10-11,15H2,1H3,(H,24,25,27). The minimum absolute atomic E-state index is 0.140. The van der Waals surface area contributed by atoms with Gasteiger partial charge in [-0.2, -0.15) is 0 Å². The number of aliphatic hydroxyl groups is 1. The summed E-state index contributed by atoms with van der Waals surface area (Å²) >= 11 is 0. The number of H-pyrrole nitrogens is 1. The van der Waals surface area contributed by atoms with Crippen LogP contribution in [0.4, 0.5) is 0 Å². The maximum Gasteiger partial charge on any atom is 0.251 e. The van der Waals surface area contributed by atoms with Crippen LogP contribution < -0.4 is 5.56 Å². The summed E-state index contributed by atoms with van der Waals surface area (Å²) in [6.45, 7) is 4.25. The number of nitrogens with one attached hydrogen (secondary N) is 1. The SMILES string of the molecule is Cc1cc(=O)[nH]c(-c2cccc(CN3CCC(O)(c4cccnc4)CC3)c2)n1. The van der Waals surface area contributed by atoms with Gasteiger partial charge in [0.05, 0.1) is 5.60 Å². The Labute approximate surface area is 163 Å². The van der Waals surface area contributed by atoms with Gasteiger partial charge in [0.25, 0.3) is 5.56 Å². The summed E-state index contributed by atoms with van der Waals surface area (Å²) in [5.74, 6) is 0.594. The second-order valence-electron chi connectivity index (χ2n) is 7.49. The quantitative estimate of drug-likeness (QED) is 0.731. The highest BCUT2D eigenvalue weighted by atomic mass is 16.3. The second kappa shape index (κ2) is 7.66. The number of pyridine rings is 1. The molecule has 6 heteroatoms. The normalized spacial score (nSPS) is 16.8. The van der Waals surface area contributed by atoms with Crippen molar-refractivity contribution in [1.82, 2.24) is 19.9 Å². The van der Waals surface area contributed by atoms with Crippen molar-refractivity contribution >= 4 is 0 Å². The van der Waals surface area contributed by atoms with Crippen molar-refractivity contribution in [3.05, 3.63) is 82.0 Å². The van der Waals surface area contributed by atoms with Crippen molar-refractivity contribution in [2.45, 2.75) is 31.9 Å². The zero-order valence-corrected chi connectivity index (χ0v) is 15.9. The Balaban J connectivity index is 1.45. The lowest BCUT2D eigenvalue weighted by Gasteiger charge is -2.38. The summed E-state index contributed by atoms with van der Waals surface area (Å²) in [5.41, 5.74) is 2.73. The minimum Gasteiger partial charge on any atom is -0.385 e. The molecule has 1 aliphatic heterocycles. The van der Waals surface area contributed by atoms with Crippen LogP contribution in [0.25, 0.3) is 11.4 Å². The number of benzene rings is 1. The van der Waals surface area contributed by atoms with Crippen molar-refractivity contribution in [1.29, 1.82) is 0 Å². The molecule has 0 atom stereocenters. The molecule has 0 aliphatic carbocycles. The first kappa shape index (κ1) is 18.5. The number of nitrogens with zero attached hydrogens (tertiary/aromatic N) is 3. The van der Waals surface area contributed by atoms with Gasteiger partial charge in [-0.1, -0.05) is 24.3 Å². The summed E-state index contributed by atoms with van der Waals surface area (Å²) in [5, 5.41) is 11.0. The lowest BCUT2D eigenvalue weighted by molar-refractivity contribution is -0.0279. The monoisotopic (exact) mass is 376 g/mol. The third-order valence-corrected chi connectivity index (χ3v) is 5.36.